The van der Waals surface area contributed by atoms with Crippen LogP contribution in [0.5, 0.6) is 17.2 Å². The molecule has 1 unspecified atom stereocenters. The first-order valence-electron chi connectivity index (χ1n) is 12.2. The average Bonchev–Trinajstić information content (AvgIpc) is 3.43. The van der Waals surface area contributed by atoms with Crippen LogP contribution in [0.3, 0.4) is 0 Å². The Morgan fingerprint density at radius 1 is 1.00 bits per heavy atom. The largest absolute Gasteiger partial charge is 0.507 e. The van der Waals surface area contributed by atoms with E-state index in [1.165, 1.54) is 22.3 Å². The van der Waals surface area contributed by atoms with Gasteiger partial charge in [-0.1, -0.05) is 47.2 Å². The van der Waals surface area contributed by atoms with Gasteiger partial charge in [0.2, 0.25) is 0 Å². The Morgan fingerprint density at radius 3 is 2.45 bits per heavy atom. The summed E-state index contributed by atoms with van der Waals surface area (Å²) in [6, 6.07) is 16.1. The summed E-state index contributed by atoms with van der Waals surface area (Å²) in [5.74, 6) is -1.12. The quantitative estimate of drug-likeness (QED) is 0.178. The third kappa shape index (κ3) is 4.45. The lowest BCUT2D eigenvalue weighted by atomic mass is 9.95. The number of aromatic nitrogens is 1. The van der Waals surface area contributed by atoms with Gasteiger partial charge in [-0.25, -0.2) is 4.98 Å². The molecular weight excluding hydrogens is 504 g/mol. The summed E-state index contributed by atoms with van der Waals surface area (Å²) in [5, 5.41) is 21.9. The maximum Gasteiger partial charge on any atom is 0.301 e. The van der Waals surface area contributed by atoms with Crippen molar-refractivity contribution in [3.05, 3.63) is 82.9 Å². The number of aliphatic hydroxyl groups is 1. The Labute approximate surface area is 223 Å². The molecule has 0 aliphatic carbocycles. The summed E-state index contributed by atoms with van der Waals surface area (Å²) >= 11 is 1.24. The molecule has 5 rings (SSSR count). The van der Waals surface area contributed by atoms with Crippen molar-refractivity contribution >= 4 is 44.1 Å². The zero-order chi connectivity index (χ0) is 27.0. The van der Waals surface area contributed by atoms with E-state index in [-0.39, 0.29) is 22.8 Å². The third-order valence-corrected chi connectivity index (χ3v) is 7.25. The zero-order valence-electron chi connectivity index (χ0n) is 21.1. The first-order valence-corrected chi connectivity index (χ1v) is 13.0. The van der Waals surface area contributed by atoms with Crippen molar-refractivity contribution in [3.63, 3.8) is 0 Å². The molecule has 0 bridgehead atoms. The zero-order valence-corrected chi connectivity index (χ0v) is 21.9. The molecule has 2 heterocycles. The maximum absolute atomic E-state index is 13.5. The number of phenolic OH excluding ortho intramolecular Hbond substituents is 1. The number of amides is 1. The highest BCUT2D eigenvalue weighted by Crippen LogP contribution is 2.46. The minimum atomic E-state index is -0.997. The van der Waals surface area contributed by atoms with E-state index in [0.29, 0.717) is 40.7 Å². The number of aliphatic hydroxyl groups excluding tert-OH is 1. The van der Waals surface area contributed by atoms with E-state index in [4.69, 9.17) is 9.47 Å². The molecule has 1 fully saturated rings. The smallest absolute Gasteiger partial charge is 0.301 e. The Morgan fingerprint density at radius 2 is 1.74 bits per heavy atom. The Bertz CT molecular complexity index is 1570. The number of ketones is 1. The van der Waals surface area contributed by atoms with Crippen LogP contribution in [0.15, 0.2) is 66.2 Å². The first kappa shape index (κ1) is 25.3. The predicted molar refractivity (Wildman–Crippen MR) is 146 cm³/mol. The van der Waals surface area contributed by atoms with Crippen molar-refractivity contribution in [2.75, 3.05) is 18.1 Å². The van der Waals surface area contributed by atoms with Gasteiger partial charge in [0.15, 0.2) is 16.6 Å². The van der Waals surface area contributed by atoms with Crippen LogP contribution in [0.2, 0.25) is 0 Å². The van der Waals surface area contributed by atoms with Gasteiger partial charge >= 0.3 is 5.91 Å². The van der Waals surface area contributed by atoms with Gasteiger partial charge in [0.1, 0.15) is 11.5 Å². The first-order chi connectivity index (χ1) is 18.3. The summed E-state index contributed by atoms with van der Waals surface area (Å²) in [7, 11) is 0. The number of hydrogen-bond acceptors (Lipinski definition) is 8. The molecule has 2 N–H and O–H groups in total. The van der Waals surface area contributed by atoms with E-state index in [9.17, 15) is 19.8 Å². The van der Waals surface area contributed by atoms with Gasteiger partial charge < -0.3 is 19.7 Å². The van der Waals surface area contributed by atoms with E-state index in [1.807, 2.05) is 32.0 Å². The number of anilines is 1. The highest BCUT2D eigenvalue weighted by atomic mass is 32.1. The van der Waals surface area contributed by atoms with Crippen molar-refractivity contribution in [3.8, 4) is 17.2 Å². The standard InChI is InChI=1S/C29H26N2O6S/c1-4-36-19-11-12-20-23(15-19)38-29(30-20)31-25(18-10-13-21(32)22(14-18)37-5-2)24(27(34)28(31)35)26(33)17-8-6-16(3)7-9-17/h6-15,25,32-33H,4-5H2,1-3H3. The van der Waals surface area contributed by atoms with Gasteiger partial charge in [-0.05, 0) is 56.7 Å². The number of aromatic hydroxyl groups is 1. The average molecular weight is 531 g/mol. The molecule has 8 nitrogen and oxygen atoms in total. The maximum atomic E-state index is 13.5. The van der Waals surface area contributed by atoms with Gasteiger partial charge in [0.25, 0.3) is 5.78 Å². The molecule has 4 aromatic rings. The summed E-state index contributed by atoms with van der Waals surface area (Å²) < 4.78 is 11.9. The third-order valence-electron chi connectivity index (χ3n) is 6.23. The van der Waals surface area contributed by atoms with E-state index >= 15 is 0 Å². The van der Waals surface area contributed by atoms with Gasteiger partial charge in [-0.3, -0.25) is 14.5 Å². The van der Waals surface area contributed by atoms with E-state index in [2.05, 4.69) is 4.98 Å². The van der Waals surface area contributed by atoms with Crippen molar-refractivity contribution < 1.29 is 29.3 Å². The summed E-state index contributed by atoms with van der Waals surface area (Å²) in [5.41, 5.74) is 2.45. The molecule has 1 amide bonds. The summed E-state index contributed by atoms with van der Waals surface area (Å²) in [6.07, 6.45) is 0. The summed E-state index contributed by atoms with van der Waals surface area (Å²) in [4.78, 5) is 32.9. The lowest BCUT2D eigenvalue weighted by Gasteiger charge is -2.23. The fourth-order valence-corrected chi connectivity index (χ4v) is 5.46. The van der Waals surface area contributed by atoms with Crippen LogP contribution in [-0.2, 0) is 9.59 Å². The van der Waals surface area contributed by atoms with E-state index in [1.54, 1.807) is 43.3 Å². The minimum Gasteiger partial charge on any atom is -0.507 e. The minimum absolute atomic E-state index is 0.0683. The molecular formula is C29H26N2O6S. The Hall–Kier alpha value is -4.37. The molecule has 1 saturated heterocycles. The second-order valence-electron chi connectivity index (χ2n) is 8.75. The lowest BCUT2D eigenvalue weighted by Crippen LogP contribution is -2.29. The number of Topliss-reactive ketones (excluding diaryl/α,β-unsaturated/α-hetero) is 1. The second kappa shape index (κ2) is 10.2. The highest BCUT2D eigenvalue weighted by Gasteiger charge is 2.48. The fraction of sp³-hybridized carbons (Fsp3) is 0.207. The highest BCUT2D eigenvalue weighted by molar-refractivity contribution is 7.22. The van der Waals surface area contributed by atoms with Gasteiger partial charge in [-0.15, -0.1) is 0 Å². The van der Waals surface area contributed by atoms with Crippen molar-refractivity contribution in [1.29, 1.82) is 0 Å². The van der Waals surface area contributed by atoms with Crippen LogP contribution in [0.25, 0.3) is 16.0 Å². The molecule has 1 aliphatic heterocycles. The number of ether oxygens (including phenoxy) is 2. The topological polar surface area (TPSA) is 109 Å². The molecule has 1 aromatic heterocycles. The number of rotatable bonds is 7. The molecule has 3 aromatic carbocycles. The van der Waals surface area contributed by atoms with Crippen molar-refractivity contribution in [2.45, 2.75) is 26.8 Å². The molecule has 1 atom stereocenters. The molecule has 9 heteroatoms. The SMILES string of the molecule is CCOc1ccc2nc(N3C(=O)C(=O)C(=C(O)c4ccc(C)cc4)C3c3ccc(O)c(OCC)c3)sc2c1. The van der Waals surface area contributed by atoms with Crippen molar-refractivity contribution in [2.24, 2.45) is 0 Å². The molecule has 38 heavy (non-hydrogen) atoms. The van der Waals surface area contributed by atoms with Crippen LogP contribution in [0.4, 0.5) is 5.13 Å². The van der Waals surface area contributed by atoms with Crippen LogP contribution < -0.4 is 14.4 Å². The normalized spacial score (nSPS) is 16.8. The van der Waals surface area contributed by atoms with Crippen LogP contribution in [0, 0.1) is 6.92 Å². The van der Waals surface area contributed by atoms with E-state index < -0.39 is 17.7 Å². The fourth-order valence-electron chi connectivity index (χ4n) is 4.44. The Kier molecular flexibility index (Phi) is 6.77. The molecule has 194 valence electrons. The number of nitrogens with zero attached hydrogens (tertiary/aromatic N) is 2. The van der Waals surface area contributed by atoms with Gasteiger partial charge in [-0.2, -0.15) is 0 Å². The number of hydrogen-bond donors (Lipinski definition) is 2. The van der Waals surface area contributed by atoms with Gasteiger partial charge in [0.05, 0.1) is 35.0 Å². The number of benzene rings is 3. The number of carbonyl (C=O) groups is 2. The van der Waals surface area contributed by atoms with Gasteiger partial charge in [0, 0.05) is 5.56 Å². The summed E-state index contributed by atoms with van der Waals surface area (Å²) in [6.45, 7) is 6.41. The number of fused-ring (bicyclic) bond motifs is 1. The molecule has 0 saturated carbocycles. The van der Waals surface area contributed by atoms with E-state index in [0.717, 1.165) is 10.3 Å². The van der Waals surface area contributed by atoms with Crippen LogP contribution in [-0.4, -0.2) is 40.1 Å². The van der Waals surface area contributed by atoms with Crippen LogP contribution in [0.1, 0.15) is 36.6 Å². The Balaban J connectivity index is 1.71. The number of carbonyl (C=O) groups excluding carboxylic acids is 2. The molecule has 0 spiro atoms. The predicted octanol–water partition coefficient (Wildman–Crippen LogP) is 5.73. The molecule has 1 aliphatic rings. The van der Waals surface area contributed by atoms with Crippen molar-refractivity contribution in [1.82, 2.24) is 4.98 Å². The monoisotopic (exact) mass is 530 g/mol. The number of thiazole rings is 1. The lowest BCUT2D eigenvalue weighted by molar-refractivity contribution is -0.132. The second-order valence-corrected chi connectivity index (χ2v) is 9.76. The number of aryl methyl sites for hydroxylation is 1. The van der Waals surface area contributed by atoms with Crippen LogP contribution >= 0.6 is 11.3 Å². The molecule has 0 radical (unpaired) electrons. The number of phenols is 1.